The summed E-state index contributed by atoms with van der Waals surface area (Å²) in [5.41, 5.74) is 5.01. The molecule has 0 aromatic heterocycles. The monoisotopic (exact) mass is 304 g/mol. The van der Waals surface area contributed by atoms with Gasteiger partial charge in [0.15, 0.2) is 0 Å². The highest BCUT2D eigenvalue weighted by Gasteiger charge is 2.28. The summed E-state index contributed by atoms with van der Waals surface area (Å²) in [5.74, 6) is -1.34. The molecular weight excluding hydrogens is 292 g/mol. The van der Waals surface area contributed by atoms with E-state index in [1.165, 1.54) is 11.8 Å². The molecule has 0 fully saturated rings. The van der Waals surface area contributed by atoms with Crippen molar-refractivity contribution in [2.45, 2.75) is 23.0 Å². The summed E-state index contributed by atoms with van der Waals surface area (Å²) in [7, 11) is 0. The van der Waals surface area contributed by atoms with Gasteiger partial charge >= 0.3 is 0 Å². The molecule has 7 nitrogen and oxygen atoms in total. The minimum Gasteiger partial charge on any atom is -0.324 e. The summed E-state index contributed by atoms with van der Waals surface area (Å²) in [5, 5.41) is 10.5. The fraction of sp³-hybridized carbons (Fsp3) is 0.231. The zero-order valence-corrected chi connectivity index (χ0v) is 11.7. The first kappa shape index (κ1) is 14.9. The molecule has 0 radical (unpaired) electrons. The number of hydrazine groups is 1. The molecular formula is C13H12N4O3S. The Morgan fingerprint density at radius 1 is 1.29 bits per heavy atom. The normalized spacial score (nSPS) is 16.1. The molecule has 1 unspecified atom stereocenters. The summed E-state index contributed by atoms with van der Waals surface area (Å²) < 4.78 is 0. The summed E-state index contributed by atoms with van der Waals surface area (Å²) in [6.07, 6.45) is -0.413. The maximum Gasteiger partial charge on any atom is 0.252 e. The number of fused-ring (bicyclic) bond motifs is 1. The molecule has 0 saturated heterocycles. The lowest BCUT2D eigenvalue weighted by Crippen LogP contribution is -2.43. The first-order chi connectivity index (χ1) is 10.1. The number of nitrogens with zero attached hydrogens (tertiary/aromatic N) is 1. The third kappa shape index (κ3) is 3.97. The van der Waals surface area contributed by atoms with Gasteiger partial charge in [-0.15, -0.1) is 11.8 Å². The molecule has 0 bridgehead atoms. The number of thioether (sulfide) groups is 1. The van der Waals surface area contributed by atoms with Crippen LogP contribution in [0.4, 0.5) is 5.69 Å². The van der Waals surface area contributed by atoms with Crippen LogP contribution in [0.5, 0.6) is 0 Å². The van der Waals surface area contributed by atoms with E-state index in [9.17, 15) is 14.4 Å². The second-order valence-corrected chi connectivity index (χ2v) is 5.47. The van der Waals surface area contributed by atoms with E-state index in [1.54, 1.807) is 12.1 Å². The molecule has 1 aromatic rings. The SMILES string of the molecule is N#CCC(=O)NNC(=O)CC1Sc2ccccc2NC1=O. The topological polar surface area (TPSA) is 111 Å². The van der Waals surface area contributed by atoms with Gasteiger partial charge in [0.25, 0.3) is 5.91 Å². The van der Waals surface area contributed by atoms with E-state index >= 15 is 0 Å². The highest BCUT2D eigenvalue weighted by atomic mass is 32.2. The van der Waals surface area contributed by atoms with Crippen LogP contribution in [0.3, 0.4) is 0 Å². The van der Waals surface area contributed by atoms with Crippen LogP contribution in [0.1, 0.15) is 12.8 Å². The molecule has 3 amide bonds. The van der Waals surface area contributed by atoms with Crippen LogP contribution in [0.25, 0.3) is 0 Å². The van der Waals surface area contributed by atoms with E-state index in [2.05, 4.69) is 16.2 Å². The fourth-order valence-corrected chi connectivity index (χ4v) is 2.81. The molecule has 1 aromatic carbocycles. The van der Waals surface area contributed by atoms with E-state index in [0.29, 0.717) is 0 Å². The number of benzene rings is 1. The number of nitriles is 1. The molecule has 0 saturated carbocycles. The van der Waals surface area contributed by atoms with Crippen molar-refractivity contribution in [3.63, 3.8) is 0 Å². The molecule has 1 heterocycles. The second-order valence-electron chi connectivity index (χ2n) is 4.23. The van der Waals surface area contributed by atoms with Crippen molar-refractivity contribution in [3.8, 4) is 6.07 Å². The fourth-order valence-electron chi connectivity index (χ4n) is 1.70. The highest BCUT2D eigenvalue weighted by Crippen LogP contribution is 2.36. The average Bonchev–Trinajstić information content (AvgIpc) is 2.46. The first-order valence-corrected chi connectivity index (χ1v) is 6.99. The predicted molar refractivity (Wildman–Crippen MR) is 75.8 cm³/mol. The van der Waals surface area contributed by atoms with Crippen LogP contribution in [-0.4, -0.2) is 23.0 Å². The van der Waals surface area contributed by atoms with Gasteiger partial charge in [-0.25, -0.2) is 0 Å². The number of hydrogen-bond acceptors (Lipinski definition) is 5. The summed E-state index contributed by atoms with van der Waals surface area (Å²) in [6, 6.07) is 8.98. The smallest absolute Gasteiger partial charge is 0.252 e. The van der Waals surface area contributed by atoms with Gasteiger partial charge in [-0.05, 0) is 12.1 Å². The lowest BCUT2D eigenvalue weighted by Gasteiger charge is -2.23. The number of nitrogens with one attached hydrogen (secondary N) is 3. The Balaban J connectivity index is 1.89. The number of para-hydroxylation sites is 1. The van der Waals surface area contributed by atoms with Gasteiger partial charge in [0.2, 0.25) is 11.8 Å². The van der Waals surface area contributed by atoms with Crippen molar-refractivity contribution >= 4 is 35.2 Å². The van der Waals surface area contributed by atoms with Gasteiger partial charge in [0.1, 0.15) is 6.42 Å². The Kier molecular flexibility index (Phi) is 4.79. The lowest BCUT2D eigenvalue weighted by atomic mass is 10.2. The number of hydrogen-bond donors (Lipinski definition) is 3. The van der Waals surface area contributed by atoms with Crippen molar-refractivity contribution in [3.05, 3.63) is 24.3 Å². The first-order valence-electron chi connectivity index (χ1n) is 6.11. The molecule has 8 heteroatoms. The maximum absolute atomic E-state index is 11.9. The van der Waals surface area contributed by atoms with Crippen LogP contribution in [0.2, 0.25) is 0 Å². The van der Waals surface area contributed by atoms with Crippen molar-refractivity contribution in [2.24, 2.45) is 0 Å². The molecule has 0 aliphatic carbocycles. The quantitative estimate of drug-likeness (QED) is 0.706. The van der Waals surface area contributed by atoms with Gasteiger partial charge in [0.05, 0.1) is 17.0 Å². The van der Waals surface area contributed by atoms with Gasteiger partial charge < -0.3 is 5.32 Å². The van der Waals surface area contributed by atoms with Crippen LogP contribution >= 0.6 is 11.8 Å². The Morgan fingerprint density at radius 2 is 2.00 bits per heavy atom. The third-order valence-corrected chi connectivity index (χ3v) is 3.93. The van der Waals surface area contributed by atoms with Crippen LogP contribution < -0.4 is 16.2 Å². The van der Waals surface area contributed by atoms with E-state index in [0.717, 1.165) is 10.6 Å². The average molecular weight is 304 g/mol. The van der Waals surface area contributed by atoms with Crippen molar-refractivity contribution < 1.29 is 14.4 Å². The zero-order chi connectivity index (χ0) is 15.2. The van der Waals surface area contributed by atoms with Crippen LogP contribution in [0, 0.1) is 11.3 Å². The minimum atomic E-state index is -0.600. The van der Waals surface area contributed by atoms with E-state index in [-0.39, 0.29) is 18.7 Å². The predicted octanol–water partition coefficient (Wildman–Crippen LogP) is 0.551. The number of anilines is 1. The van der Waals surface area contributed by atoms with Crippen molar-refractivity contribution in [2.75, 3.05) is 5.32 Å². The van der Waals surface area contributed by atoms with E-state index in [1.807, 2.05) is 18.2 Å². The van der Waals surface area contributed by atoms with E-state index in [4.69, 9.17) is 5.26 Å². The maximum atomic E-state index is 11.9. The molecule has 108 valence electrons. The number of amides is 3. The minimum absolute atomic E-state index is 0.0718. The summed E-state index contributed by atoms with van der Waals surface area (Å²) in [6.45, 7) is 0. The third-order valence-electron chi connectivity index (χ3n) is 2.66. The van der Waals surface area contributed by atoms with Crippen molar-refractivity contribution in [1.82, 2.24) is 10.9 Å². The second kappa shape index (κ2) is 6.76. The molecule has 1 aliphatic heterocycles. The summed E-state index contributed by atoms with van der Waals surface area (Å²) in [4.78, 5) is 35.5. The van der Waals surface area contributed by atoms with Gasteiger partial charge in [-0.2, -0.15) is 5.26 Å². The Labute approximate surface area is 125 Å². The molecule has 3 N–H and O–H groups in total. The Bertz CT molecular complexity index is 626. The standard InChI is InChI=1S/C13H12N4O3S/c14-6-5-11(18)16-17-12(19)7-10-13(20)15-8-3-1-2-4-9(8)21-10/h1-4,10H,5,7H2,(H,15,20)(H,16,18)(H,17,19). The van der Waals surface area contributed by atoms with E-state index < -0.39 is 17.1 Å². The highest BCUT2D eigenvalue weighted by molar-refractivity contribution is 8.01. The molecule has 0 spiro atoms. The zero-order valence-electron chi connectivity index (χ0n) is 10.9. The van der Waals surface area contributed by atoms with Crippen LogP contribution in [-0.2, 0) is 14.4 Å². The molecule has 1 atom stereocenters. The Hall–Kier alpha value is -2.53. The molecule has 21 heavy (non-hydrogen) atoms. The van der Waals surface area contributed by atoms with Crippen molar-refractivity contribution in [1.29, 1.82) is 5.26 Å². The summed E-state index contributed by atoms with van der Waals surface area (Å²) >= 11 is 1.30. The van der Waals surface area contributed by atoms with Gasteiger partial charge in [-0.1, -0.05) is 12.1 Å². The van der Waals surface area contributed by atoms with Gasteiger partial charge in [0, 0.05) is 11.3 Å². The largest absolute Gasteiger partial charge is 0.324 e. The molecule has 1 aliphatic rings. The van der Waals surface area contributed by atoms with Crippen LogP contribution in [0.15, 0.2) is 29.2 Å². The molecule has 2 rings (SSSR count). The number of carbonyl (C=O) groups excluding carboxylic acids is 3. The Morgan fingerprint density at radius 3 is 2.76 bits per heavy atom. The lowest BCUT2D eigenvalue weighted by molar-refractivity contribution is -0.129. The number of carbonyl (C=O) groups is 3. The van der Waals surface area contributed by atoms with Gasteiger partial charge in [-0.3, -0.25) is 25.2 Å². The number of rotatable bonds is 3.